The Balaban J connectivity index is 1.70. The van der Waals surface area contributed by atoms with Gasteiger partial charge in [-0.05, 0) is 64.2 Å². The normalized spacial score (nSPS) is 16.3. The summed E-state index contributed by atoms with van der Waals surface area (Å²) in [6.45, 7) is 5.42. The molecule has 0 spiro atoms. The topological polar surface area (TPSA) is 75.4 Å². The Kier molecular flexibility index (Phi) is 4.45. The summed E-state index contributed by atoms with van der Waals surface area (Å²) >= 11 is 0. The highest BCUT2D eigenvalue weighted by Crippen LogP contribution is 2.26. The van der Waals surface area contributed by atoms with E-state index >= 15 is 0 Å². The molecule has 24 heavy (non-hydrogen) atoms. The molecule has 0 aromatic carbocycles. The Morgan fingerprint density at radius 3 is 2.79 bits per heavy atom. The zero-order chi connectivity index (χ0) is 17.3. The van der Waals surface area contributed by atoms with Crippen LogP contribution in [0.2, 0.25) is 0 Å². The number of carbonyl (C=O) groups excluding carboxylic acids is 1. The van der Waals surface area contributed by atoms with Gasteiger partial charge in [-0.1, -0.05) is 6.07 Å². The molecule has 1 amide bonds. The maximum Gasteiger partial charge on any atom is 0.269 e. The van der Waals surface area contributed by atoms with Crippen LogP contribution in [0.4, 0.5) is 0 Å². The molecule has 0 aliphatic heterocycles. The van der Waals surface area contributed by atoms with Gasteiger partial charge in [0.25, 0.3) is 5.91 Å². The standard InChI is InChI=1S/C19H24N2O3/c1-12-10-15(13(2)24-12)19(3,23)11-20-18(22)17-9-8-14-6-4-5-7-16(14)21-17/h8-10,23H,4-7,11H2,1-3H3,(H,20,22)/t19-/m1/s1. The number of hydrogen-bond acceptors (Lipinski definition) is 4. The van der Waals surface area contributed by atoms with Crippen molar-refractivity contribution >= 4 is 5.91 Å². The van der Waals surface area contributed by atoms with Gasteiger partial charge in [-0.3, -0.25) is 4.79 Å². The minimum Gasteiger partial charge on any atom is -0.466 e. The monoisotopic (exact) mass is 328 g/mol. The molecule has 0 saturated carbocycles. The summed E-state index contributed by atoms with van der Waals surface area (Å²) in [6, 6.07) is 5.57. The summed E-state index contributed by atoms with van der Waals surface area (Å²) < 4.78 is 5.47. The number of amides is 1. The highest BCUT2D eigenvalue weighted by molar-refractivity contribution is 5.92. The molecule has 3 rings (SSSR count). The lowest BCUT2D eigenvalue weighted by atomic mass is 9.95. The van der Waals surface area contributed by atoms with Gasteiger partial charge in [-0.15, -0.1) is 0 Å². The van der Waals surface area contributed by atoms with E-state index in [2.05, 4.69) is 10.3 Å². The lowest BCUT2D eigenvalue weighted by Gasteiger charge is -2.23. The second-order valence-electron chi connectivity index (χ2n) is 6.79. The predicted molar refractivity (Wildman–Crippen MR) is 91.0 cm³/mol. The molecule has 0 radical (unpaired) electrons. The van der Waals surface area contributed by atoms with Crippen LogP contribution < -0.4 is 5.32 Å². The molecule has 1 atom stereocenters. The molecular weight excluding hydrogens is 304 g/mol. The van der Waals surface area contributed by atoms with Crippen LogP contribution in [0, 0.1) is 13.8 Å². The minimum absolute atomic E-state index is 0.102. The fourth-order valence-corrected chi connectivity index (χ4v) is 3.31. The van der Waals surface area contributed by atoms with Crippen LogP contribution in [0.5, 0.6) is 0 Å². The summed E-state index contributed by atoms with van der Waals surface area (Å²) in [4.78, 5) is 16.9. The Hall–Kier alpha value is -2.14. The maximum atomic E-state index is 12.4. The van der Waals surface area contributed by atoms with Gasteiger partial charge in [0.05, 0.1) is 6.54 Å². The van der Waals surface area contributed by atoms with Crippen molar-refractivity contribution < 1.29 is 14.3 Å². The van der Waals surface area contributed by atoms with Crippen LogP contribution in [0.3, 0.4) is 0 Å². The van der Waals surface area contributed by atoms with Crippen molar-refractivity contribution in [3.8, 4) is 0 Å². The number of fused-ring (bicyclic) bond motifs is 1. The largest absolute Gasteiger partial charge is 0.466 e. The summed E-state index contributed by atoms with van der Waals surface area (Å²) in [5, 5.41) is 13.5. The Bertz CT molecular complexity index is 762. The molecule has 128 valence electrons. The number of aryl methyl sites for hydroxylation is 4. The first kappa shape index (κ1) is 16.7. The van der Waals surface area contributed by atoms with Crippen molar-refractivity contribution in [2.75, 3.05) is 6.54 Å². The van der Waals surface area contributed by atoms with Crippen molar-refractivity contribution in [1.82, 2.24) is 10.3 Å². The average molecular weight is 328 g/mol. The number of hydrogen-bond donors (Lipinski definition) is 2. The Morgan fingerprint density at radius 1 is 1.33 bits per heavy atom. The van der Waals surface area contributed by atoms with Crippen molar-refractivity contribution in [2.45, 2.75) is 52.1 Å². The van der Waals surface area contributed by atoms with E-state index in [0.29, 0.717) is 17.0 Å². The van der Waals surface area contributed by atoms with E-state index in [0.717, 1.165) is 30.7 Å². The summed E-state index contributed by atoms with van der Waals surface area (Å²) in [6.07, 6.45) is 4.28. The fourth-order valence-electron chi connectivity index (χ4n) is 3.31. The van der Waals surface area contributed by atoms with Gasteiger partial charge in [0.2, 0.25) is 0 Å². The van der Waals surface area contributed by atoms with E-state index in [1.54, 1.807) is 19.1 Å². The van der Waals surface area contributed by atoms with E-state index in [1.807, 2.05) is 19.9 Å². The van der Waals surface area contributed by atoms with Gasteiger partial charge in [-0.25, -0.2) is 4.98 Å². The molecule has 0 saturated heterocycles. The van der Waals surface area contributed by atoms with Gasteiger partial charge >= 0.3 is 0 Å². The van der Waals surface area contributed by atoms with Crippen LogP contribution in [-0.4, -0.2) is 22.5 Å². The van der Waals surface area contributed by atoms with E-state index < -0.39 is 5.60 Å². The van der Waals surface area contributed by atoms with Crippen molar-refractivity contribution in [3.05, 3.63) is 52.2 Å². The van der Waals surface area contributed by atoms with Crippen LogP contribution in [0.15, 0.2) is 22.6 Å². The summed E-state index contributed by atoms with van der Waals surface area (Å²) in [5.74, 6) is 1.14. The molecule has 1 aliphatic rings. The van der Waals surface area contributed by atoms with E-state index in [4.69, 9.17) is 4.42 Å². The summed E-state index contributed by atoms with van der Waals surface area (Å²) in [7, 11) is 0. The zero-order valence-electron chi connectivity index (χ0n) is 14.5. The number of nitrogens with one attached hydrogen (secondary N) is 1. The second kappa shape index (κ2) is 6.40. The van der Waals surface area contributed by atoms with Crippen molar-refractivity contribution in [2.24, 2.45) is 0 Å². The van der Waals surface area contributed by atoms with Crippen LogP contribution >= 0.6 is 0 Å². The molecule has 2 N–H and O–H groups in total. The smallest absolute Gasteiger partial charge is 0.269 e. The van der Waals surface area contributed by atoms with Gasteiger partial charge in [0, 0.05) is 11.3 Å². The minimum atomic E-state index is -1.19. The highest BCUT2D eigenvalue weighted by Gasteiger charge is 2.28. The van der Waals surface area contributed by atoms with Gasteiger partial charge in [-0.2, -0.15) is 0 Å². The van der Waals surface area contributed by atoms with Crippen LogP contribution in [0.25, 0.3) is 0 Å². The van der Waals surface area contributed by atoms with Crippen molar-refractivity contribution in [1.29, 1.82) is 0 Å². The molecule has 5 nitrogen and oxygen atoms in total. The van der Waals surface area contributed by atoms with Crippen LogP contribution in [0.1, 0.15) is 58.6 Å². The third-order valence-electron chi connectivity index (χ3n) is 4.63. The number of nitrogens with zero attached hydrogens (tertiary/aromatic N) is 1. The third kappa shape index (κ3) is 3.36. The molecule has 2 heterocycles. The molecule has 5 heteroatoms. The fraction of sp³-hybridized carbons (Fsp3) is 0.474. The highest BCUT2D eigenvalue weighted by atomic mass is 16.3. The molecule has 1 aliphatic carbocycles. The SMILES string of the molecule is Cc1cc([C@](C)(O)CNC(=O)c2ccc3c(n2)CCCC3)c(C)o1. The van der Waals surface area contributed by atoms with Gasteiger partial charge in [0.1, 0.15) is 22.8 Å². The maximum absolute atomic E-state index is 12.4. The second-order valence-corrected chi connectivity index (χ2v) is 6.79. The first-order valence-corrected chi connectivity index (χ1v) is 8.44. The third-order valence-corrected chi connectivity index (χ3v) is 4.63. The molecule has 0 bridgehead atoms. The molecule has 2 aromatic rings. The van der Waals surface area contributed by atoms with Crippen LogP contribution in [-0.2, 0) is 18.4 Å². The number of carbonyl (C=O) groups is 1. The number of aromatic nitrogens is 1. The first-order chi connectivity index (χ1) is 11.4. The molecule has 0 fully saturated rings. The van der Waals surface area contributed by atoms with E-state index in [9.17, 15) is 9.90 Å². The Labute approximate surface area is 142 Å². The first-order valence-electron chi connectivity index (χ1n) is 8.44. The number of furan rings is 1. The molecule has 2 aromatic heterocycles. The number of pyridine rings is 1. The lowest BCUT2D eigenvalue weighted by molar-refractivity contribution is 0.0512. The van der Waals surface area contributed by atoms with Gasteiger partial charge < -0.3 is 14.8 Å². The average Bonchev–Trinajstić information content (AvgIpc) is 2.91. The number of rotatable bonds is 4. The lowest BCUT2D eigenvalue weighted by Crippen LogP contribution is -2.39. The molecule has 0 unspecified atom stereocenters. The predicted octanol–water partition coefficient (Wildman–Crippen LogP) is 2.81. The zero-order valence-corrected chi connectivity index (χ0v) is 14.5. The number of aliphatic hydroxyl groups is 1. The van der Waals surface area contributed by atoms with Crippen molar-refractivity contribution in [3.63, 3.8) is 0 Å². The van der Waals surface area contributed by atoms with E-state index in [1.165, 1.54) is 12.0 Å². The van der Waals surface area contributed by atoms with E-state index in [-0.39, 0.29) is 12.5 Å². The summed E-state index contributed by atoms with van der Waals surface area (Å²) in [5.41, 5.74) is 2.19. The Morgan fingerprint density at radius 2 is 2.08 bits per heavy atom. The van der Waals surface area contributed by atoms with Gasteiger partial charge in [0.15, 0.2) is 0 Å². The molecular formula is C19H24N2O3. The quantitative estimate of drug-likeness (QED) is 0.905.